The molecule has 23 heavy (non-hydrogen) atoms. The van der Waals surface area contributed by atoms with Gasteiger partial charge in [0.25, 0.3) is 5.91 Å². The van der Waals surface area contributed by atoms with Crippen LogP contribution >= 0.6 is 0 Å². The van der Waals surface area contributed by atoms with Gasteiger partial charge in [0.15, 0.2) is 0 Å². The highest BCUT2D eigenvalue weighted by Gasteiger charge is 2.17. The van der Waals surface area contributed by atoms with Crippen LogP contribution in [0.1, 0.15) is 34.7 Å². The minimum atomic E-state index is -0.0452. The van der Waals surface area contributed by atoms with E-state index in [-0.39, 0.29) is 5.91 Å². The Labute approximate surface area is 137 Å². The van der Waals surface area contributed by atoms with Crippen molar-refractivity contribution in [2.24, 2.45) is 0 Å². The number of ether oxygens (including phenoxy) is 1. The number of methoxy groups -OCH3 is 1. The molecule has 2 aromatic carbocycles. The number of fused-ring (bicyclic) bond motifs is 1. The van der Waals surface area contributed by atoms with Crippen molar-refractivity contribution in [3.8, 4) is 0 Å². The van der Waals surface area contributed by atoms with Crippen LogP contribution in [-0.2, 0) is 4.74 Å². The minimum Gasteiger partial charge on any atom is -0.383 e. The van der Waals surface area contributed by atoms with Crippen molar-refractivity contribution in [1.29, 1.82) is 0 Å². The van der Waals surface area contributed by atoms with Gasteiger partial charge in [-0.1, -0.05) is 24.3 Å². The largest absolute Gasteiger partial charge is 0.383 e. The third-order valence-electron chi connectivity index (χ3n) is 4.55. The number of carbonyl (C=O) groups excluding carboxylic acids is 1. The second-order valence-corrected chi connectivity index (χ2v) is 6.06. The first-order valence-corrected chi connectivity index (χ1v) is 8.30. The number of nitrogens with one attached hydrogen (secondary N) is 2. The standard InChI is InChI=1S/C19H24N2O2/c1-23-12-11-21-19(22)16-5-6-18-15(13-16)3-2-4-17(18)14-7-9-20-10-8-14/h2-6,13-14,20H,7-12H2,1H3,(H,21,22). The lowest BCUT2D eigenvalue weighted by Crippen LogP contribution is -2.27. The fourth-order valence-corrected chi connectivity index (χ4v) is 3.31. The molecule has 0 bridgehead atoms. The molecular weight excluding hydrogens is 288 g/mol. The molecule has 0 aromatic heterocycles. The van der Waals surface area contributed by atoms with Gasteiger partial charge in [0.2, 0.25) is 0 Å². The van der Waals surface area contributed by atoms with E-state index in [2.05, 4.69) is 34.9 Å². The zero-order chi connectivity index (χ0) is 16.1. The van der Waals surface area contributed by atoms with Crippen LogP contribution in [-0.4, -0.2) is 39.3 Å². The van der Waals surface area contributed by atoms with Gasteiger partial charge >= 0.3 is 0 Å². The van der Waals surface area contributed by atoms with Crippen LogP contribution in [0.3, 0.4) is 0 Å². The summed E-state index contributed by atoms with van der Waals surface area (Å²) >= 11 is 0. The van der Waals surface area contributed by atoms with E-state index >= 15 is 0 Å². The van der Waals surface area contributed by atoms with Crippen LogP contribution in [0.2, 0.25) is 0 Å². The van der Waals surface area contributed by atoms with E-state index < -0.39 is 0 Å². The van der Waals surface area contributed by atoms with E-state index in [4.69, 9.17) is 4.74 Å². The van der Waals surface area contributed by atoms with E-state index in [1.807, 2.05) is 12.1 Å². The fraction of sp³-hybridized carbons (Fsp3) is 0.421. The Morgan fingerprint density at radius 1 is 1.26 bits per heavy atom. The van der Waals surface area contributed by atoms with Crippen molar-refractivity contribution in [3.63, 3.8) is 0 Å². The predicted octanol–water partition coefficient (Wildman–Crippen LogP) is 2.68. The number of piperidine rings is 1. The van der Waals surface area contributed by atoms with E-state index in [0.29, 0.717) is 24.6 Å². The molecule has 0 atom stereocenters. The van der Waals surface area contributed by atoms with E-state index in [0.717, 1.165) is 18.5 Å². The Morgan fingerprint density at radius 3 is 2.87 bits per heavy atom. The highest BCUT2D eigenvalue weighted by molar-refractivity contribution is 5.99. The Balaban J connectivity index is 1.84. The highest BCUT2D eigenvalue weighted by Crippen LogP contribution is 2.31. The average Bonchev–Trinajstić information content (AvgIpc) is 2.61. The van der Waals surface area contributed by atoms with Gasteiger partial charge in [0.1, 0.15) is 0 Å². The van der Waals surface area contributed by atoms with Gasteiger partial charge in [-0.15, -0.1) is 0 Å². The maximum Gasteiger partial charge on any atom is 0.251 e. The molecule has 4 heteroatoms. The Hall–Kier alpha value is -1.91. The molecule has 0 radical (unpaired) electrons. The quantitative estimate of drug-likeness (QED) is 0.835. The first-order valence-electron chi connectivity index (χ1n) is 8.30. The van der Waals surface area contributed by atoms with Crippen molar-refractivity contribution >= 4 is 16.7 Å². The summed E-state index contributed by atoms with van der Waals surface area (Å²) < 4.78 is 4.96. The summed E-state index contributed by atoms with van der Waals surface area (Å²) in [6, 6.07) is 12.4. The molecule has 1 amide bonds. The first kappa shape index (κ1) is 16.0. The average molecular weight is 312 g/mol. The van der Waals surface area contributed by atoms with Crippen LogP contribution < -0.4 is 10.6 Å². The number of hydrogen-bond acceptors (Lipinski definition) is 3. The van der Waals surface area contributed by atoms with Gasteiger partial charge in [0.05, 0.1) is 6.61 Å². The highest BCUT2D eigenvalue weighted by atomic mass is 16.5. The smallest absolute Gasteiger partial charge is 0.251 e. The van der Waals surface area contributed by atoms with Crippen molar-refractivity contribution in [2.75, 3.05) is 33.4 Å². The number of rotatable bonds is 5. The normalized spacial score (nSPS) is 15.7. The van der Waals surface area contributed by atoms with Crippen molar-refractivity contribution < 1.29 is 9.53 Å². The summed E-state index contributed by atoms with van der Waals surface area (Å²) in [5.74, 6) is 0.567. The summed E-state index contributed by atoms with van der Waals surface area (Å²) in [6.07, 6.45) is 2.36. The molecule has 1 fully saturated rings. The van der Waals surface area contributed by atoms with Crippen LogP contribution in [0.5, 0.6) is 0 Å². The van der Waals surface area contributed by atoms with Crippen molar-refractivity contribution in [3.05, 3.63) is 47.5 Å². The third kappa shape index (κ3) is 3.71. The molecule has 0 saturated carbocycles. The zero-order valence-electron chi connectivity index (χ0n) is 13.6. The molecule has 1 aliphatic heterocycles. The van der Waals surface area contributed by atoms with E-state index in [1.54, 1.807) is 7.11 Å². The zero-order valence-corrected chi connectivity index (χ0v) is 13.6. The van der Waals surface area contributed by atoms with Crippen LogP contribution in [0.25, 0.3) is 10.8 Å². The maximum absolute atomic E-state index is 12.2. The van der Waals surface area contributed by atoms with Crippen molar-refractivity contribution in [2.45, 2.75) is 18.8 Å². The SMILES string of the molecule is COCCNC(=O)c1ccc2c(C3CCNCC3)cccc2c1. The minimum absolute atomic E-state index is 0.0452. The van der Waals surface area contributed by atoms with Gasteiger partial charge < -0.3 is 15.4 Å². The molecule has 1 heterocycles. The summed E-state index contributed by atoms with van der Waals surface area (Å²) in [5.41, 5.74) is 2.12. The number of carbonyl (C=O) groups is 1. The monoisotopic (exact) mass is 312 g/mol. The van der Waals surface area contributed by atoms with Gasteiger partial charge in [-0.25, -0.2) is 0 Å². The Morgan fingerprint density at radius 2 is 2.09 bits per heavy atom. The van der Waals surface area contributed by atoms with Crippen LogP contribution in [0.15, 0.2) is 36.4 Å². The number of benzene rings is 2. The Kier molecular flexibility index (Phi) is 5.26. The number of hydrogen-bond donors (Lipinski definition) is 2. The molecule has 2 aromatic rings. The molecule has 4 nitrogen and oxygen atoms in total. The molecule has 0 unspecified atom stereocenters. The third-order valence-corrected chi connectivity index (χ3v) is 4.55. The topological polar surface area (TPSA) is 50.4 Å². The summed E-state index contributed by atoms with van der Waals surface area (Å²) in [5, 5.41) is 8.70. The van der Waals surface area contributed by atoms with Gasteiger partial charge in [-0.05, 0) is 60.3 Å². The van der Waals surface area contributed by atoms with Crippen LogP contribution in [0, 0.1) is 0 Å². The molecule has 1 aliphatic rings. The lowest BCUT2D eigenvalue weighted by molar-refractivity contribution is 0.0937. The predicted molar refractivity (Wildman–Crippen MR) is 93.0 cm³/mol. The molecule has 0 spiro atoms. The summed E-state index contributed by atoms with van der Waals surface area (Å²) in [6.45, 7) is 3.23. The van der Waals surface area contributed by atoms with E-state index in [9.17, 15) is 4.79 Å². The lowest BCUT2D eigenvalue weighted by atomic mass is 9.86. The lowest BCUT2D eigenvalue weighted by Gasteiger charge is -2.24. The second-order valence-electron chi connectivity index (χ2n) is 6.06. The van der Waals surface area contributed by atoms with Crippen molar-refractivity contribution in [1.82, 2.24) is 10.6 Å². The van der Waals surface area contributed by atoms with Gasteiger partial charge in [0, 0.05) is 19.2 Å². The maximum atomic E-state index is 12.2. The first-order chi connectivity index (χ1) is 11.3. The van der Waals surface area contributed by atoms with Gasteiger partial charge in [-0.3, -0.25) is 4.79 Å². The van der Waals surface area contributed by atoms with Gasteiger partial charge in [-0.2, -0.15) is 0 Å². The summed E-state index contributed by atoms with van der Waals surface area (Å²) in [7, 11) is 1.63. The molecule has 122 valence electrons. The fourth-order valence-electron chi connectivity index (χ4n) is 3.31. The Bertz CT molecular complexity index is 678. The molecule has 2 N–H and O–H groups in total. The van der Waals surface area contributed by atoms with E-state index in [1.165, 1.54) is 23.8 Å². The second kappa shape index (κ2) is 7.57. The molecular formula is C19H24N2O2. The number of amides is 1. The van der Waals surface area contributed by atoms with Crippen LogP contribution in [0.4, 0.5) is 0 Å². The molecule has 3 rings (SSSR count). The summed E-state index contributed by atoms with van der Waals surface area (Å²) in [4.78, 5) is 12.2. The molecule has 0 aliphatic carbocycles. The molecule has 1 saturated heterocycles.